The highest BCUT2D eigenvalue weighted by Gasteiger charge is 2.20. The minimum absolute atomic E-state index is 0.129. The van der Waals surface area contributed by atoms with E-state index < -0.39 is 0 Å². The number of carbonyl (C=O) groups is 1. The van der Waals surface area contributed by atoms with E-state index in [1.54, 1.807) is 30.8 Å². The molecule has 0 saturated carbocycles. The molecule has 1 amide bonds. The number of hydrogen-bond donors (Lipinski definition) is 0. The normalized spacial score (nSPS) is 11.0. The van der Waals surface area contributed by atoms with Gasteiger partial charge in [0.15, 0.2) is 0 Å². The highest BCUT2D eigenvalue weighted by Crippen LogP contribution is 2.24. The third-order valence-corrected chi connectivity index (χ3v) is 5.07. The second-order valence-corrected chi connectivity index (χ2v) is 7.49. The van der Waals surface area contributed by atoms with Gasteiger partial charge in [-0.05, 0) is 42.0 Å². The molecule has 5 nitrogen and oxygen atoms in total. The van der Waals surface area contributed by atoms with Crippen LogP contribution in [-0.4, -0.2) is 34.0 Å². The molecule has 29 heavy (non-hydrogen) atoms. The number of fused-ring (bicyclic) bond motifs is 1. The van der Waals surface area contributed by atoms with E-state index in [0.29, 0.717) is 22.8 Å². The van der Waals surface area contributed by atoms with Crippen molar-refractivity contribution in [3.63, 3.8) is 0 Å². The first-order chi connectivity index (χ1) is 14.0. The van der Waals surface area contributed by atoms with Crippen LogP contribution in [-0.2, 0) is 6.54 Å². The Kier molecular flexibility index (Phi) is 4.99. The predicted molar refractivity (Wildman–Crippen MR) is 116 cm³/mol. The second-order valence-electron chi connectivity index (χ2n) is 7.06. The first kappa shape index (κ1) is 19.0. The van der Waals surface area contributed by atoms with E-state index in [1.165, 1.54) is 11.0 Å². The summed E-state index contributed by atoms with van der Waals surface area (Å²) in [4.78, 5) is 27.2. The summed E-state index contributed by atoms with van der Waals surface area (Å²) in [6, 6.07) is 22.1. The number of benzene rings is 2. The van der Waals surface area contributed by atoms with Crippen molar-refractivity contribution in [2.45, 2.75) is 6.54 Å². The molecule has 0 atom stereocenters. The molecule has 0 aliphatic rings. The van der Waals surface area contributed by atoms with E-state index in [0.717, 1.165) is 16.8 Å². The first-order valence-electron chi connectivity index (χ1n) is 9.22. The monoisotopic (exact) mass is 405 g/mol. The van der Waals surface area contributed by atoms with E-state index in [4.69, 9.17) is 11.6 Å². The number of nitrogens with zero attached hydrogens (tertiary/aromatic N) is 3. The number of carbonyl (C=O) groups excluding carboxylic acids is 1. The van der Waals surface area contributed by atoms with Gasteiger partial charge in [0.25, 0.3) is 11.5 Å². The largest absolute Gasteiger partial charge is 0.343 e. The van der Waals surface area contributed by atoms with E-state index >= 15 is 0 Å². The van der Waals surface area contributed by atoms with Crippen LogP contribution >= 0.6 is 11.6 Å². The van der Waals surface area contributed by atoms with Crippen molar-refractivity contribution in [3.05, 3.63) is 99.4 Å². The molecule has 4 rings (SSSR count). The van der Waals surface area contributed by atoms with Crippen LogP contribution in [0, 0.1) is 0 Å². The number of amides is 1. The third-order valence-electron chi connectivity index (χ3n) is 4.83. The lowest BCUT2D eigenvalue weighted by Gasteiger charge is -2.14. The van der Waals surface area contributed by atoms with Gasteiger partial charge in [0.1, 0.15) is 5.69 Å². The van der Waals surface area contributed by atoms with Crippen molar-refractivity contribution in [1.82, 2.24) is 14.0 Å². The number of para-hydroxylation sites is 1. The van der Waals surface area contributed by atoms with Crippen LogP contribution in [0.4, 0.5) is 0 Å². The zero-order chi connectivity index (χ0) is 20.5. The number of halogens is 1. The van der Waals surface area contributed by atoms with Gasteiger partial charge in [-0.25, -0.2) is 0 Å². The lowest BCUT2D eigenvalue weighted by Crippen LogP contribution is -2.24. The summed E-state index contributed by atoms with van der Waals surface area (Å²) in [7, 11) is 3.43. The zero-order valence-electron chi connectivity index (χ0n) is 16.2. The van der Waals surface area contributed by atoms with Crippen LogP contribution in [0.15, 0.2) is 77.6 Å². The SMILES string of the molecule is CN(C)C(=O)c1cc2c(ccc(=O)n2-c2ccccc2)n1Cc1cccc(Cl)c1. The Morgan fingerprint density at radius 2 is 1.69 bits per heavy atom. The maximum Gasteiger partial charge on any atom is 0.270 e. The smallest absolute Gasteiger partial charge is 0.270 e. The molecule has 0 aliphatic heterocycles. The number of aromatic nitrogens is 2. The van der Waals surface area contributed by atoms with Crippen molar-refractivity contribution in [1.29, 1.82) is 0 Å². The molecule has 0 N–H and O–H groups in total. The Morgan fingerprint density at radius 3 is 2.38 bits per heavy atom. The molecule has 2 aromatic carbocycles. The fourth-order valence-corrected chi connectivity index (χ4v) is 3.70. The zero-order valence-corrected chi connectivity index (χ0v) is 16.9. The molecule has 0 spiro atoms. The van der Waals surface area contributed by atoms with Crippen LogP contribution in [0.25, 0.3) is 16.7 Å². The van der Waals surface area contributed by atoms with E-state index in [1.807, 2.05) is 59.2 Å². The quantitative estimate of drug-likeness (QED) is 0.511. The number of pyridine rings is 1. The Hall–Kier alpha value is -3.31. The Labute approximate surface area is 173 Å². The Balaban J connectivity index is 1.99. The molecule has 0 unspecified atom stereocenters. The standard InChI is InChI=1S/C23H20ClN3O2/c1-25(2)23(29)21-14-20-19(26(21)15-16-7-6-8-17(24)13-16)11-12-22(28)27(20)18-9-4-3-5-10-18/h3-14H,15H2,1-2H3. The molecular weight excluding hydrogens is 386 g/mol. The Bertz CT molecular complexity index is 1260. The third kappa shape index (κ3) is 3.57. The topological polar surface area (TPSA) is 47.2 Å². The number of rotatable bonds is 4. The fraction of sp³-hybridized carbons (Fsp3) is 0.130. The molecule has 146 valence electrons. The van der Waals surface area contributed by atoms with Gasteiger partial charge in [-0.3, -0.25) is 14.2 Å². The summed E-state index contributed by atoms with van der Waals surface area (Å²) >= 11 is 6.15. The van der Waals surface area contributed by atoms with E-state index in [2.05, 4.69) is 0 Å². The molecule has 2 heterocycles. The summed E-state index contributed by atoms with van der Waals surface area (Å²) < 4.78 is 3.57. The van der Waals surface area contributed by atoms with Gasteiger partial charge >= 0.3 is 0 Å². The van der Waals surface area contributed by atoms with Crippen molar-refractivity contribution < 1.29 is 4.79 Å². The van der Waals surface area contributed by atoms with E-state index in [-0.39, 0.29) is 11.5 Å². The average molecular weight is 406 g/mol. The maximum absolute atomic E-state index is 12.9. The Morgan fingerprint density at radius 1 is 0.931 bits per heavy atom. The van der Waals surface area contributed by atoms with Crippen molar-refractivity contribution in [2.75, 3.05) is 14.1 Å². The number of hydrogen-bond acceptors (Lipinski definition) is 2. The van der Waals surface area contributed by atoms with Gasteiger partial charge in [0.05, 0.1) is 11.0 Å². The summed E-state index contributed by atoms with van der Waals surface area (Å²) in [6.07, 6.45) is 0. The van der Waals surface area contributed by atoms with Crippen LogP contribution in [0.1, 0.15) is 16.1 Å². The van der Waals surface area contributed by atoms with Gasteiger partial charge in [-0.2, -0.15) is 0 Å². The molecule has 0 saturated heterocycles. The highest BCUT2D eigenvalue weighted by atomic mass is 35.5. The van der Waals surface area contributed by atoms with Crippen LogP contribution in [0.2, 0.25) is 5.02 Å². The van der Waals surface area contributed by atoms with Crippen molar-refractivity contribution in [3.8, 4) is 5.69 Å². The van der Waals surface area contributed by atoms with Gasteiger partial charge in [0, 0.05) is 37.4 Å². The summed E-state index contributed by atoms with van der Waals surface area (Å²) in [5, 5.41) is 0.639. The molecular formula is C23H20ClN3O2. The van der Waals surface area contributed by atoms with E-state index in [9.17, 15) is 9.59 Å². The van der Waals surface area contributed by atoms with Crippen LogP contribution in [0.3, 0.4) is 0 Å². The minimum Gasteiger partial charge on any atom is -0.343 e. The summed E-state index contributed by atoms with van der Waals surface area (Å²) in [5.41, 5.74) is 3.59. The first-order valence-corrected chi connectivity index (χ1v) is 9.60. The lowest BCUT2D eigenvalue weighted by molar-refractivity contribution is 0.0818. The lowest BCUT2D eigenvalue weighted by atomic mass is 10.2. The predicted octanol–water partition coefficient (Wildman–Crippen LogP) is 4.20. The highest BCUT2D eigenvalue weighted by molar-refractivity contribution is 6.30. The molecule has 4 aromatic rings. The minimum atomic E-state index is -0.146. The molecule has 0 bridgehead atoms. The van der Waals surface area contributed by atoms with Crippen LogP contribution in [0.5, 0.6) is 0 Å². The fourth-order valence-electron chi connectivity index (χ4n) is 3.49. The molecule has 0 fully saturated rings. The molecule has 2 aromatic heterocycles. The van der Waals surface area contributed by atoms with Gasteiger partial charge in [-0.15, -0.1) is 0 Å². The molecule has 6 heteroatoms. The average Bonchev–Trinajstić information content (AvgIpc) is 3.06. The maximum atomic E-state index is 12.9. The van der Waals surface area contributed by atoms with Gasteiger partial charge in [-0.1, -0.05) is 41.9 Å². The van der Waals surface area contributed by atoms with Gasteiger partial charge < -0.3 is 9.47 Å². The summed E-state index contributed by atoms with van der Waals surface area (Å²) in [5.74, 6) is -0.129. The second kappa shape index (κ2) is 7.60. The van der Waals surface area contributed by atoms with Gasteiger partial charge in [0.2, 0.25) is 0 Å². The molecule has 0 radical (unpaired) electrons. The summed E-state index contributed by atoms with van der Waals surface area (Å²) in [6.45, 7) is 0.464. The molecule has 0 aliphatic carbocycles. The van der Waals surface area contributed by atoms with Crippen LogP contribution < -0.4 is 5.56 Å². The van der Waals surface area contributed by atoms with Crippen molar-refractivity contribution in [2.24, 2.45) is 0 Å². The van der Waals surface area contributed by atoms with Crippen molar-refractivity contribution >= 4 is 28.5 Å².